The molecular formula is C18H24FNO3. The highest BCUT2D eigenvalue weighted by Gasteiger charge is 2.28. The molecule has 1 amide bonds. The lowest BCUT2D eigenvalue weighted by Crippen LogP contribution is -2.42. The van der Waals surface area contributed by atoms with E-state index in [0.29, 0.717) is 19.5 Å². The number of Topliss-reactive ketones (excluding diaryl/α,β-unsaturated/α-hetero) is 1. The smallest absolute Gasteiger partial charge is 0.410 e. The number of ether oxygens (including phenoxy) is 1. The highest BCUT2D eigenvalue weighted by Crippen LogP contribution is 2.24. The number of piperidine rings is 1. The van der Waals surface area contributed by atoms with Crippen LogP contribution in [0.3, 0.4) is 0 Å². The number of benzene rings is 1. The molecule has 0 aliphatic carbocycles. The number of hydrogen-bond donors (Lipinski definition) is 0. The molecule has 1 aliphatic rings. The molecule has 2 rings (SSSR count). The second-order valence-electron chi connectivity index (χ2n) is 7.02. The molecule has 0 radical (unpaired) electrons. The molecule has 1 aromatic carbocycles. The Balaban J connectivity index is 1.84. The van der Waals surface area contributed by atoms with Crippen LogP contribution in [-0.2, 0) is 4.74 Å². The Kier molecular flexibility index (Phi) is 5.39. The van der Waals surface area contributed by atoms with Crippen LogP contribution >= 0.6 is 0 Å². The minimum absolute atomic E-state index is 0.155. The van der Waals surface area contributed by atoms with E-state index in [-0.39, 0.29) is 23.4 Å². The first-order chi connectivity index (χ1) is 10.8. The molecule has 1 fully saturated rings. The maximum absolute atomic E-state index is 13.6. The Morgan fingerprint density at radius 2 is 1.83 bits per heavy atom. The van der Waals surface area contributed by atoms with Crippen LogP contribution in [0.15, 0.2) is 24.3 Å². The Morgan fingerprint density at radius 3 is 2.39 bits per heavy atom. The van der Waals surface area contributed by atoms with Crippen molar-refractivity contribution in [3.8, 4) is 0 Å². The minimum atomic E-state index is -0.505. The van der Waals surface area contributed by atoms with E-state index in [1.807, 2.05) is 20.8 Å². The van der Waals surface area contributed by atoms with Crippen LogP contribution in [0.25, 0.3) is 0 Å². The van der Waals surface area contributed by atoms with Crippen LogP contribution in [0, 0.1) is 11.7 Å². The molecule has 1 heterocycles. The summed E-state index contributed by atoms with van der Waals surface area (Å²) in [4.78, 5) is 25.9. The lowest BCUT2D eigenvalue weighted by molar-refractivity contribution is 0.0183. The summed E-state index contributed by atoms with van der Waals surface area (Å²) < 4.78 is 19.0. The Bertz CT molecular complexity index is 572. The zero-order valence-corrected chi connectivity index (χ0v) is 14.0. The summed E-state index contributed by atoms with van der Waals surface area (Å²) in [6.07, 6.45) is 1.48. The van der Waals surface area contributed by atoms with Gasteiger partial charge in [0.2, 0.25) is 0 Å². The molecule has 0 aromatic heterocycles. The predicted octanol–water partition coefficient (Wildman–Crippen LogP) is 4.05. The average molecular weight is 321 g/mol. The van der Waals surface area contributed by atoms with Gasteiger partial charge < -0.3 is 9.64 Å². The number of hydrogen-bond acceptors (Lipinski definition) is 3. The molecule has 0 N–H and O–H groups in total. The number of rotatable bonds is 3. The van der Waals surface area contributed by atoms with E-state index in [1.165, 1.54) is 12.1 Å². The number of carbonyl (C=O) groups excluding carboxylic acids is 2. The van der Waals surface area contributed by atoms with Gasteiger partial charge in [-0.25, -0.2) is 9.18 Å². The quantitative estimate of drug-likeness (QED) is 0.789. The Labute approximate surface area is 136 Å². The van der Waals surface area contributed by atoms with E-state index < -0.39 is 11.4 Å². The second-order valence-corrected chi connectivity index (χ2v) is 7.02. The molecule has 0 bridgehead atoms. The third-order valence-corrected chi connectivity index (χ3v) is 3.91. The first kappa shape index (κ1) is 17.4. The molecule has 1 aromatic rings. The average Bonchev–Trinajstić information content (AvgIpc) is 2.46. The van der Waals surface area contributed by atoms with E-state index in [4.69, 9.17) is 4.74 Å². The largest absolute Gasteiger partial charge is 0.444 e. The SMILES string of the molecule is CC(C)(C)OC(=O)N1CCC(CC(=O)c2ccccc2F)CC1. The first-order valence-corrected chi connectivity index (χ1v) is 8.02. The van der Waals surface area contributed by atoms with E-state index in [0.717, 1.165) is 12.8 Å². The molecule has 126 valence electrons. The molecule has 23 heavy (non-hydrogen) atoms. The lowest BCUT2D eigenvalue weighted by Gasteiger charge is -2.33. The predicted molar refractivity (Wildman–Crippen MR) is 85.9 cm³/mol. The molecule has 1 saturated heterocycles. The standard InChI is InChI=1S/C18H24FNO3/c1-18(2,3)23-17(22)20-10-8-13(9-11-20)12-16(21)14-6-4-5-7-15(14)19/h4-7,13H,8-12H2,1-3H3. The molecule has 0 spiro atoms. The van der Waals surface area contributed by atoms with Crippen LogP contribution in [0.2, 0.25) is 0 Å². The minimum Gasteiger partial charge on any atom is -0.444 e. The zero-order valence-electron chi connectivity index (χ0n) is 14.0. The number of amides is 1. The summed E-state index contributed by atoms with van der Waals surface area (Å²) in [7, 11) is 0. The van der Waals surface area contributed by atoms with Crippen molar-refractivity contribution in [2.45, 2.75) is 45.6 Å². The van der Waals surface area contributed by atoms with Crippen molar-refractivity contribution in [2.75, 3.05) is 13.1 Å². The van der Waals surface area contributed by atoms with Crippen molar-refractivity contribution < 1.29 is 18.7 Å². The lowest BCUT2D eigenvalue weighted by atomic mass is 9.90. The van der Waals surface area contributed by atoms with Crippen LogP contribution < -0.4 is 0 Å². The molecule has 1 aliphatic heterocycles. The molecule has 5 heteroatoms. The topological polar surface area (TPSA) is 46.6 Å². The van der Waals surface area contributed by atoms with Crippen LogP contribution in [0.1, 0.15) is 50.4 Å². The number of halogens is 1. The summed E-state index contributed by atoms with van der Waals surface area (Å²) in [5, 5.41) is 0. The zero-order chi connectivity index (χ0) is 17.0. The van der Waals surface area contributed by atoms with Crippen molar-refractivity contribution in [3.63, 3.8) is 0 Å². The van der Waals surface area contributed by atoms with E-state index in [2.05, 4.69) is 0 Å². The van der Waals surface area contributed by atoms with Gasteiger partial charge in [-0.05, 0) is 51.7 Å². The van der Waals surface area contributed by atoms with Crippen LogP contribution in [0.4, 0.5) is 9.18 Å². The fourth-order valence-corrected chi connectivity index (χ4v) is 2.71. The van der Waals surface area contributed by atoms with Crippen molar-refractivity contribution >= 4 is 11.9 Å². The second kappa shape index (κ2) is 7.11. The molecule has 0 saturated carbocycles. The highest BCUT2D eigenvalue weighted by atomic mass is 19.1. The van der Waals surface area contributed by atoms with E-state index in [9.17, 15) is 14.0 Å². The fraction of sp³-hybridized carbons (Fsp3) is 0.556. The number of carbonyl (C=O) groups is 2. The van der Waals surface area contributed by atoms with Gasteiger partial charge >= 0.3 is 6.09 Å². The van der Waals surface area contributed by atoms with Gasteiger partial charge in [-0.3, -0.25) is 4.79 Å². The van der Waals surface area contributed by atoms with Gasteiger partial charge in [0.1, 0.15) is 11.4 Å². The van der Waals surface area contributed by atoms with Gasteiger partial charge in [-0.15, -0.1) is 0 Å². The van der Waals surface area contributed by atoms with Gasteiger partial charge in [0, 0.05) is 19.5 Å². The van der Waals surface area contributed by atoms with Crippen LogP contribution in [0.5, 0.6) is 0 Å². The number of nitrogens with zero attached hydrogens (tertiary/aromatic N) is 1. The maximum Gasteiger partial charge on any atom is 0.410 e. The highest BCUT2D eigenvalue weighted by molar-refractivity contribution is 5.96. The Hall–Kier alpha value is -1.91. The van der Waals surface area contributed by atoms with Gasteiger partial charge in [0.15, 0.2) is 5.78 Å². The van der Waals surface area contributed by atoms with Crippen LogP contribution in [-0.4, -0.2) is 35.5 Å². The van der Waals surface area contributed by atoms with Crippen molar-refractivity contribution in [1.82, 2.24) is 4.90 Å². The number of likely N-dealkylation sites (tertiary alicyclic amines) is 1. The summed E-state index contributed by atoms with van der Waals surface area (Å²) in [6, 6.07) is 6.07. The van der Waals surface area contributed by atoms with Gasteiger partial charge in [0.25, 0.3) is 0 Å². The Morgan fingerprint density at radius 1 is 1.22 bits per heavy atom. The summed E-state index contributed by atoms with van der Waals surface area (Å²) >= 11 is 0. The maximum atomic E-state index is 13.6. The third-order valence-electron chi connectivity index (χ3n) is 3.91. The van der Waals surface area contributed by atoms with E-state index in [1.54, 1.807) is 17.0 Å². The number of ketones is 1. The summed E-state index contributed by atoms with van der Waals surface area (Å²) in [5.74, 6) is -0.455. The fourth-order valence-electron chi connectivity index (χ4n) is 2.71. The molecular weight excluding hydrogens is 297 g/mol. The van der Waals surface area contributed by atoms with E-state index >= 15 is 0 Å². The summed E-state index contributed by atoms with van der Waals surface area (Å²) in [6.45, 7) is 6.66. The monoisotopic (exact) mass is 321 g/mol. The molecule has 4 nitrogen and oxygen atoms in total. The van der Waals surface area contributed by atoms with Gasteiger partial charge in [0.05, 0.1) is 5.56 Å². The first-order valence-electron chi connectivity index (χ1n) is 8.02. The van der Waals surface area contributed by atoms with Gasteiger partial charge in [-0.2, -0.15) is 0 Å². The summed E-state index contributed by atoms with van der Waals surface area (Å²) in [5.41, 5.74) is -0.351. The van der Waals surface area contributed by atoms with Gasteiger partial charge in [-0.1, -0.05) is 12.1 Å². The molecule has 0 unspecified atom stereocenters. The van der Waals surface area contributed by atoms with Crippen molar-refractivity contribution in [1.29, 1.82) is 0 Å². The normalized spacial score (nSPS) is 16.3. The van der Waals surface area contributed by atoms with Crippen molar-refractivity contribution in [2.24, 2.45) is 5.92 Å². The third kappa shape index (κ3) is 5.05. The van der Waals surface area contributed by atoms with Crippen molar-refractivity contribution in [3.05, 3.63) is 35.6 Å². The molecule has 0 atom stereocenters.